The second-order valence-electron chi connectivity index (χ2n) is 5.50. The van der Waals surface area contributed by atoms with Crippen LogP contribution in [0.15, 0.2) is 17.9 Å². The molecule has 0 saturated heterocycles. The summed E-state index contributed by atoms with van der Waals surface area (Å²) in [7, 11) is 0. The summed E-state index contributed by atoms with van der Waals surface area (Å²) < 4.78 is 5.16. The monoisotopic (exact) mass is 347 g/mol. The highest BCUT2D eigenvalue weighted by molar-refractivity contribution is 6.42. The molecule has 120 valence electrons. The lowest BCUT2D eigenvalue weighted by molar-refractivity contribution is -0.385. The number of hydrogen-bond donors (Lipinski definition) is 1. The molecule has 0 heterocycles. The maximum absolute atomic E-state index is 12.2. The van der Waals surface area contributed by atoms with E-state index >= 15 is 0 Å². The highest BCUT2D eigenvalue weighted by Gasteiger charge is 2.29. The second-order valence-corrected chi connectivity index (χ2v) is 6.32. The van der Waals surface area contributed by atoms with Gasteiger partial charge in [-0.3, -0.25) is 10.1 Å². The summed E-state index contributed by atoms with van der Waals surface area (Å²) in [6, 6.07) is 2.17. The normalized spacial score (nSPS) is 12.6. The zero-order chi connectivity index (χ0) is 17.2. The Bertz CT molecular complexity index is 658. The molecule has 1 aromatic carbocycles. The van der Waals surface area contributed by atoms with Gasteiger partial charge in [0.25, 0.3) is 5.69 Å². The number of aliphatic hydroxyl groups is 1. The number of allylic oxidation sites excluding steroid dienone is 1. The summed E-state index contributed by atoms with van der Waals surface area (Å²) >= 11 is 11.6. The second kappa shape index (κ2) is 6.54. The fourth-order valence-electron chi connectivity index (χ4n) is 1.67. The van der Waals surface area contributed by atoms with Crippen molar-refractivity contribution in [3.8, 4) is 0 Å². The molecule has 0 spiro atoms. The molecule has 0 fully saturated rings. The number of carbonyl (C=O) groups excluding carboxylic acids is 1. The predicted molar refractivity (Wildman–Crippen MR) is 84.2 cm³/mol. The molecule has 6 nitrogen and oxygen atoms in total. The molecule has 1 N–H and O–H groups in total. The molecule has 0 aliphatic rings. The van der Waals surface area contributed by atoms with Gasteiger partial charge in [0, 0.05) is 6.07 Å². The van der Waals surface area contributed by atoms with E-state index in [2.05, 4.69) is 0 Å². The van der Waals surface area contributed by atoms with Gasteiger partial charge in [0.1, 0.15) is 16.9 Å². The van der Waals surface area contributed by atoms with E-state index in [0.717, 1.165) is 12.1 Å². The number of aliphatic hydroxyl groups excluding tert-OH is 1. The topological polar surface area (TPSA) is 89.7 Å². The molecule has 0 bridgehead atoms. The van der Waals surface area contributed by atoms with Crippen LogP contribution in [0.1, 0.15) is 33.3 Å². The van der Waals surface area contributed by atoms with Crippen molar-refractivity contribution in [2.75, 3.05) is 0 Å². The Morgan fingerprint density at radius 1 is 1.27 bits per heavy atom. The Kier molecular flexibility index (Phi) is 5.43. The van der Waals surface area contributed by atoms with Gasteiger partial charge in [0.2, 0.25) is 0 Å². The third-order valence-corrected chi connectivity index (χ3v) is 3.19. The molecule has 0 aromatic heterocycles. The van der Waals surface area contributed by atoms with Crippen molar-refractivity contribution in [2.45, 2.75) is 33.3 Å². The van der Waals surface area contributed by atoms with Gasteiger partial charge in [-0.25, -0.2) is 4.79 Å². The van der Waals surface area contributed by atoms with Gasteiger partial charge < -0.3 is 9.84 Å². The summed E-state index contributed by atoms with van der Waals surface area (Å²) in [6.45, 7) is 6.14. The third-order valence-electron chi connectivity index (χ3n) is 2.47. The van der Waals surface area contributed by atoms with Gasteiger partial charge >= 0.3 is 5.97 Å². The average Bonchev–Trinajstić information content (AvgIpc) is 2.30. The lowest BCUT2D eigenvalue weighted by Gasteiger charge is -2.21. The van der Waals surface area contributed by atoms with E-state index in [1.165, 1.54) is 6.92 Å². The molecule has 0 atom stereocenters. The molecule has 1 rings (SSSR count). The van der Waals surface area contributed by atoms with E-state index in [-0.39, 0.29) is 21.2 Å². The molecular weight excluding hydrogens is 333 g/mol. The van der Waals surface area contributed by atoms with Crippen LogP contribution in [-0.4, -0.2) is 21.6 Å². The molecule has 0 amide bonds. The summed E-state index contributed by atoms with van der Waals surface area (Å²) in [4.78, 5) is 22.7. The Hall–Kier alpha value is -1.79. The fourth-order valence-corrected chi connectivity index (χ4v) is 1.99. The first-order valence-electron chi connectivity index (χ1n) is 6.21. The summed E-state index contributed by atoms with van der Waals surface area (Å²) in [5.41, 5.74) is -1.78. The largest absolute Gasteiger partial charge is 0.512 e. The predicted octanol–water partition coefficient (Wildman–Crippen LogP) is 4.53. The number of rotatable bonds is 3. The van der Waals surface area contributed by atoms with Crippen molar-refractivity contribution < 1.29 is 19.6 Å². The molecule has 8 heteroatoms. The fraction of sp³-hybridized carbons (Fsp3) is 0.357. The molecule has 0 aliphatic heterocycles. The molecular formula is C14H15Cl2NO5. The SMILES string of the molecule is C/C(O)=C(/C(=O)OC(C)(C)C)c1cc(Cl)c(Cl)cc1[N+](=O)[O-]. The van der Waals surface area contributed by atoms with Crippen LogP contribution in [0.3, 0.4) is 0 Å². The van der Waals surface area contributed by atoms with E-state index in [9.17, 15) is 20.0 Å². The molecule has 0 radical (unpaired) electrons. The summed E-state index contributed by atoms with van der Waals surface area (Å²) in [5.74, 6) is -1.32. The van der Waals surface area contributed by atoms with Gasteiger partial charge in [0.05, 0.1) is 20.5 Å². The minimum atomic E-state index is -0.894. The zero-order valence-corrected chi connectivity index (χ0v) is 13.9. The molecule has 1 aromatic rings. The van der Waals surface area contributed by atoms with Crippen molar-refractivity contribution in [3.63, 3.8) is 0 Å². The standard InChI is InChI=1S/C14H15Cl2NO5/c1-7(18)12(13(19)22-14(2,3)4)8-5-9(15)10(16)6-11(8)17(20)21/h5-6,18H,1-4H3/b12-7-. The first-order chi connectivity index (χ1) is 9.94. The number of hydrogen-bond acceptors (Lipinski definition) is 5. The number of benzene rings is 1. The number of nitro groups is 1. The van der Waals surface area contributed by atoms with Crippen LogP contribution in [0.2, 0.25) is 10.0 Å². The van der Waals surface area contributed by atoms with Gasteiger partial charge in [-0.2, -0.15) is 0 Å². The Morgan fingerprint density at radius 3 is 2.18 bits per heavy atom. The van der Waals surface area contributed by atoms with Gasteiger partial charge in [0.15, 0.2) is 0 Å². The smallest absolute Gasteiger partial charge is 0.342 e. The molecule has 0 aliphatic carbocycles. The van der Waals surface area contributed by atoms with Gasteiger partial charge in [-0.05, 0) is 33.8 Å². The third kappa shape index (κ3) is 4.35. The maximum Gasteiger partial charge on any atom is 0.342 e. The highest BCUT2D eigenvalue weighted by atomic mass is 35.5. The number of nitro benzene ring substituents is 1. The van der Waals surface area contributed by atoms with Crippen LogP contribution in [-0.2, 0) is 9.53 Å². The van der Waals surface area contributed by atoms with Crippen molar-refractivity contribution in [1.82, 2.24) is 0 Å². The minimum Gasteiger partial charge on any atom is -0.512 e. The first-order valence-corrected chi connectivity index (χ1v) is 6.96. The van der Waals surface area contributed by atoms with E-state index in [4.69, 9.17) is 27.9 Å². The van der Waals surface area contributed by atoms with Gasteiger partial charge in [-0.15, -0.1) is 0 Å². The number of halogens is 2. The number of carbonyl (C=O) groups is 1. The maximum atomic E-state index is 12.2. The van der Waals surface area contributed by atoms with Crippen molar-refractivity contribution >= 4 is 40.4 Å². The molecule has 22 heavy (non-hydrogen) atoms. The van der Waals surface area contributed by atoms with Crippen molar-refractivity contribution in [3.05, 3.63) is 43.6 Å². The van der Waals surface area contributed by atoms with Crippen LogP contribution in [0.4, 0.5) is 5.69 Å². The summed E-state index contributed by atoms with van der Waals surface area (Å²) in [6.07, 6.45) is 0. The van der Waals surface area contributed by atoms with E-state index in [0.29, 0.717) is 0 Å². The van der Waals surface area contributed by atoms with Crippen LogP contribution in [0.5, 0.6) is 0 Å². The molecule has 0 unspecified atom stereocenters. The van der Waals surface area contributed by atoms with E-state index in [1.54, 1.807) is 20.8 Å². The van der Waals surface area contributed by atoms with Crippen LogP contribution in [0, 0.1) is 10.1 Å². The zero-order valence-electron chi connectivity index (χ0n) is 12.4. The highest BCUT2D eigenvalue weighted by Crippen LogP contribution is 2.36. The quantitative estimate of drug-likeness (QED) is 0.285. The van der Waals surface area contributed by atoms with Crippen LogP contribution in [0.25, 0.3) is 5.57 Å². The average molecular weight is 348 g/mol. The summed E-state index contributed by atoms with van der Waals surface area (Å²) in [5, 5.41) is 20.9. The van der Waals surface area contributed by atoms with Crippen molar-refractivity contribution in [1.29, 1.82) is 0 Å². The Labute approximate surface area is 137 Å². The lowest BCUT2D eigenvalue weighted by Crippen LogP contribution is -2.25. The first kappa shape index (κ1) is 18.3. The van der Waals surface area contributed by atoms with Gasteiger partial charge in [-0.1, -0.05) is 23.2 Å². The lowest BCUT2D eigenvalue weighted by atomic mass is 10.0. The minimum absolute atomic E-state index is 0.0181. The van der Waals surface area contributed by atoms with Crippen molar-refractivity contribution in [2.24, 2.45) is 0 Å². The van der Waals surface area contributed by atoms with Crippen LogP contribution >= 0.6 is 23.2 Å². The number of esters is 1. The van der Waals surface area contributed by atoms with E-state index < -0.39 is 27.9 Å². The van der Waals surface area contributed by atoms with E-state index in [1.807, 2.05) is 0 Å². The number of nitrogens with zero attached hydrogens (tertiary/aromatic N) is 1. The van der Waals surface area contributed by atoms with Crippen LogP contribution < -0.4 is 0 Å². The Balaban J connectivity index is 3.54. The Morgan fingerprint density at radius 2 is 1.77 bits per heavy atom. The molecule has 0 saturated carbocycles. The number of ether oxygens (including phenoxy) is 1.